The van der Waals surface area contributed by atoms with Gasteiger partial charge in [-0.15, -0.1) is 0 Å². The standard InChI is InChI=1S/C25H33N3OS/c1-16-22(11-18-6-4-3-5-7-18)28-24(26-16)30-15-23(29)27-17(2)25-12-19-8-20(13-25)10-21(9-19)14-25/h3-7,17,19-21H,8-15H2,1-2H3,(H,26,28)(H,27,29)/t17-,19?,20?,21?,25?/m1/s1. The van der Waals surface area contributed by atoms with Gasteiger partial charge in [0.1, 0.15) is 0 Å². The Hall–Kier alpha value is -1.75. The van der Waals surface area contributed by atoms with Gasteiger partial charge in [-0.05, 0) is 81.1 Å². The first-order valence-electron chi connectivity index (χ1n) is 11.5. The summed E-state index contributed by atoms with van der Waals surface area (Å²) in [5.41, 5.74) is 3.76. The molecule has 0 unspecified atom stereocenters. The van der Waals surface area contributed by atoms with Gasteiger partial charge in [-0.25, -0.2) is 4.98 Å². The summed E-state index contributed by atoms with van der Waals surface area (Å²) in [4.78, 5) is 20.8. The van der Waals surface area contributed by atoms with Crippen molar-refractivity contribution in [3.05, 3.63) is 47.3 Å². The van der Waals surface area contributed by atoms with Crippen LogP contribution < -0.4 is 5.32 Å². The highest BCUT2D eigenvalue weighted by atomic mass is 32.2. The molecule has 1 aromatic carbocycles. The minimum Gasteiger partial charge on any atom is -0.352 e. The van der Waals surface area contributed by atoms with Gasteiger partial charge >= 0.3 is 0 Å². The van der Waals surface area contributed by atoms with E-state index in [0.29, 0.717) is 11.2 Å². The number of aryl methyl sites for hydroxylation is 1. The number of imidazole rings is 1. The van der Waals surface area contributed by atoms with E-state index in [4.69, 9.17) is 4.98 Å². The highest BCUT2D eigenvalue weighted by Crippen LogP contribution is 2.61. The van der Waals surface area contributed by atoms with Crippen molar-refractivity contribution in [1.29, 1.82) is 0 Å². The van der Waals surface area contributed by atoms with Crippen LogP contribution in [-0.4, -0.2) is 27.7 Å². The number of carbonyl (C=O) groups is 1. The smallest absolute Gasteiger partial charge is 0.230 e. The molecule has 160 valence electrons. The van der Waals surface area contributed by atoms with Crippen molar-refractivity contribution < 1.29 is 4.79 Å². The third-order valence-corrected chi connectivity index (χ3v) is 8.77. The minimum absolute atomic E-state index is 0.141. The fourth-order valence-electron chi connectivity index (χ4n) is 6.77. The summed E-state index contributed by atoms with van der Waals surface area (Å²) in [5.74, 6) is 3.31. The molecule has 6 rings (SSSR count). The second-order valence-electron chi connectivity index (χ2n) is 10.1. The number of thioether (sulfide) groups is 1. The SMILES string of the molecule is Cc1[nH]c(SCC(=O)N[C@H](C)C23CC4CC(CC(C4)C2)C3)nc1Cc1ccccc1. The first kappa shape index (κ1) is 20.2. The normalized spacial score (nSPS) is 30.4. The molecule has 4 fully saturated rings. The fourth-order valence-corrected chi connectivity index (χ4v) is 7.53. The molecular formula is C25H33N3OS. The monoisotopic (exact) mass is 423 g/mol. The largest absolute Gasteiger partial charge is 0.352 e. The summed E-state index contributed by atoms with van der Waals surface area (Å²) in [6.45, 7) is 4.31. The van der Waals surface area contributed by atoms with E-state index in [-0.39, 0.29) is 11.9 Å². The number of H-pyrrole nitrogens is 1. The van der Waals surface area contributed by atoms with Crippen LogP contribution in [0.25, 0.3) is 0 Å². The number of rotatable bonds is 7. The zero-order valence-corrected chi connectivity index (χ0v) is 18.9. The average Bonchev–Trinajstić information content (AvgIpc) is 3.05. The number of amides is 1. The number of benzene rings is 1. The molecule has 2 N–H and O–H groups in total. The minimum atomic E-state index is 0.141. The first-order chi connectivity index (χ1) is 14.5. The number of nitrogens with zero attached hydrogens (tertiary/aromatic N) is 1. The zero-order chi connectivity index (χ0) is 20.7. The number of hydrogen-bond donors (Lipinski definition) is 2. The van der Waals surface area contributed by atoms with Crippen molar-refractivity contribution in [2.75, 3.05) is 5.75 Å². The highest BCUT2D eigenvalue weighted by molar-refractivity contribution is 7.99. The summed E-state index contributed by atoms with van der Waals surface area (Å²) in [6, 6.07) is 10.7. The molecule has 1 heterocycles. The van der Waals surface area contributed by atoms with E-state index in [2.05, 4.69) is 48.4 Å². The van der Waals surface area contributed by atoms with Crippen LogP contribution >= 0.6 is 11.8 Å². The van der Waals surface area contributed by atoms with Gasteiger partial charge in [0.05, 0.1) is 11.4 Å². The molecule has 4 bridgehead atoms. The molecule has 0 saturated heterocycles. The van der Waals surface area contributed by atoms with Gasteiger partial charge in [-0.1, -0.05) is 42.1 Å². The third-order valence-electron chi connectivity index (χ3n) is 7.90. The van der Waals surface area contributed by atoms with Gasteiger partial charge in [-0.3, -0.25) is 4.79 Å². The summed E-state index contributed by atoms with van der Waals surface area (Å²) in [6.07, 6.45) is 9.13. The second kappa shape index (κ2) is 8.07. The van der Waals surface area contributed by atoms with Gasteiger partial charge in [0.15, 0.2) is 5.16 Å². The molecule has 4 saturated carbocycles. The van der Waals surface area contributed by atoms with E-state index < -0.39 is 0 Å². The van der Waals surface area contributed by atoms with Crippen molar-refractivity contribution in [1.82, 2.24) is 15.3 Å². The van der Waals surface area contributed by atoms with Crippen molar-refractivity contribution in [3.63, 3.8) is 0 Å². The molecule has 5 heteroatoms. The van der Waals surface area contributed by atoms with E-state index in [0.717, 1.165) is 40.7 Å². The molecule has 2 aromatic rings. The van der Waals surface area contributed by atoms with Crippen LogP contribution in [0.15, 0.2) is 35.5 Å². The fraction of sp³-hybridized carbons (Fsp3) is 0.600. The molecule has 0 spiro atoms. The van der Waals surface area contributed by atoms with Gasteiger partial charge < -0.3 is 10.3 Å². The Kier molecular flexibility index (Phi) is 5.42. The van der Waals surface area contributed by atoms with Crippen LogP contribution in [-0.2, 0) is 11.2 Å². The lowest BCUT2D eigenvalue weighted by Gasteiger charge is -2.59. The maximum absolute atomic E-state index is 12.7. The lowest BCUT2D eigenvalue weighted by atomic mass is 9.48. The van der Waals surface area contributed by atoms with Crippen LogP contribution in [0.2, 0.25) is 0 Å². The predicted molar refractivity (Wildman–Crippen MR) is 122 cm³/mol. The molecule has 4 aliphatic carbocycles. The molecule has 4 aliphatic rings. The Bertz CT molecular complexity index is 871. The van der Waals surface area contributed by atoms with E-state index in [1.54, 1.807) is 0 Å². The zero-order valence-electron chi connectivity index (χ0n) is 18.1. The Morgan fingerprint density at radius 1 is 1.17 bits per heavy atom. The number of carbonyl (C=O) groups excluding carboxylic acids is 1. The van der Waals surface area contributed by atoms with Crippen molar-refractivity contribution >= 4 is 17.7 Å². The lowest BCUT2D eigenvalue weighted by Crippen LogP contribution is -2.56. The molecule has 1 aromatic heterocycles. The molecule has 4 nitrogen and oxygen atoms in total. The first-order valence-corrected chi connectivity index (χ1v) is 12.5. The van der Waals surface area contributed by atoms with Crippen LogP contribution in [0, 0.1) is 30.1 Å². The maximum Gasteiger partial charge on any atom is 0.230 e. The van der Waals surface area contributed by atoms with Gasteiger partial charge in [0.25, 0.3) is 0 Å². The van der Waals surface area contributed by atoms with E-state index in [1.807, 2.05) is 6.07 Å². The Morgan fingerprint density at radius 3 is 2.43 bits per heavy atom. The molecule has 0 aliphatic heterocycles. The van der Waals surface area contributed by atoms with Crippen LogP contribution in [0.4, 0.5) is 0 Å². The summed E-state index contributed by atoms with van der Waals surface area (Å²) < 4.78 is 0. The Morgan fingerprint density at radius 2 is 1.80 bits per heavy atom. The molecule has 1 amide bonds. The van der Waals surface area contributed by atoms with Crippen molar-refractivity contribution in [3.8, 4) is 0 Å². The highest BCUT2D eigenvalue weighted by Gasteiger charge is 2.53. The summed E-state index contributed by atoms with van der Waals surface area (Å²) >= 11 is 1.51. The van der Waals surface area contributed by atoms with Crippen LogP contribution in [0.5, 0.6) is 0 Å². The van der Waals surface area contributed by atoms with E-state index >= 15 is 0 Å². The molecular weight excluding hydrogens is 390 g/mol. The summed E-state index contributed by atoms with van der Waals surface area (Å²) in [5, 5.41) is 4.21. The number of aromatic amines is 1. The van der Waals surface area contributed by atoms with Crippen LogP contribution in [0.3, 0.4) is 0 Å². The number of hydrogen-bond acceptors (Lipinski definition) is 3. The van der Waals surface area contributed by atoms with E-state index in [9.17, 15) is 4.79 Å². The number of nitrogens with one attached hydrogen (secondary N) is 2. The second-order valence-corrected chi connectivity index (χ2v) is 11.1. The van der Waals surface area contributed by atoms with Gasteiger partial charge in [0, 0.05) is 18.2 Å². The molecule has 0 radical (unpaired) electrons. The van der Waals surface area contributed by atoms with Gasteiger partial charge in [0.2, 0.25) is 5.91 Å². The lowest BCUT2D eigenvalue weighted by molar-refractivity contribution is -0.123. The third kappa shape index (κ3) is 4.05. The number of aromatic nitrogens is 2. The quantitative estimate of drug-likeness (QED) is 0.608. The van der Waals surface area contributed by atoms with Crippen molar-refractivity contribution in [2.24, 2.45) is 23.2 Å². The maximum atomic E-state index is 12.7. The molecule has 1 atom stereocenters. The summed E-state index contributed by atoms with van der Waals surface area (Å²) in [7, 11) is 0. The molecule has 30 heavy (non-hydrogen) atoms. The van der Waals surface area contributed by atoms with Crippen molar-refractivity contribution in [2.45, 2.75) is 70.0 Å². The van der Waals surface area contributed by atoms with E-state index in [1.165, 1.54) is 55.9 Å². The Labute approximate surface area is 184 Å². The van der Waals surface area contributed by atoms with Gasteiger partial charge in [-0.2, -0.15) is 0 Å². The average molecular weight is 424 g/mol. The topological polar surface area (TPSA) is 57.8 Å². The predicted octanol–water partition coefficient (Wildman–Crippen LogP) is 5.12. The van der Waals surface area contributed by atoms with Crippen LogP contribution in [0.1, 0.15) is 62.4 Å². The Balaban J connectivity index is 1.16.